The first-order valence-corrected chi connectivity index (χ1v) is 13.1. The number of carbonyl (C=O) groups is 2. The topological polar surface area (TPSA) is 49.4 Å². The maximum atomic E-state index is 14.1. The van der Waals surface area contributed by atoms with E-state index < -0.39 is 5.41 Å². The lowest BCUT2D eigenvalue weighted by atomic mass is 9.62. The molecule has 1 unspecified atom stereocenters. The second kappa shape index (κ2) is 9.07. The molecule has 1 N–H and O–H groups in total. The summed E-state index contributed by atoms with van der Waals surface area (Å²) in [6, 6.07) is 11.6. The fourth-order valence-electron chi connectivity index (χ4n) is 7.25. The number of likely N-dealkylation sites (tertiary alicyclic amines) is 1. The van der Waals surface area contributed by atoms with Crippen molar-refractivity contribution in [1.29, 1.82) is 0 Å². The number of rotatable bonds is 3. The first-order valence-electron chi connectivity index (χ1n) is 13.1. The Morgan fingerprint density at radius 1 is 0.971 bits per heavy atom. The van der Waals surface area contributed by atoms with Crippen LogP contribution in [-0.2, 0) is 15.0 Å². The highest BCUT2D eigenvalue weighted by atomic mass is 19.1. The number of benzene rings is 2. The van der Waals surface area contributed by atoms with Gasteiger partial charge in [-0.2, -0.15) is 0 Å². The first-order chi connectivity index (χ1) is 16.7. The molecule has 1 spiro atoms. The van der Waals surface area contributed by atoms with Crippen LogP contribution in [0.1, 0.15) is 78.7 Å². The fraction of sp³-hybridized carbons (Fsp3) is 0.533. The summed E-state index contributed by atoms with van der Waals surface area (Å²) in [4.78, 5) is 28.7. The van der Waals surface area contributed by atoms with Crippen molar-refractivity contribution in [3.63, 3.8) is 0 Å². The number of halogens is 1. The van der Waals surface area contributed by atoms with Crippen LogP contribution in [0.25, 0.3) is 0 Å². The third kappa shape index (κ3) is 4.28. The number of carbonyl (C=O) groups excluding carboxylic acids is 2. The molecule has 2 amide bonds. The Labute approximate surface area is 208 Å². The minimum absolute atomic E-state index is 0.0864. The second-order valence-corrected chi connectivity index (χ2v) is 11.4. The Bertz CT molecular complexity index is 1120. The SMILES string of the molecule is Cc1cc(C)cc(C2(C(=O)N3CCC4(CC3)CC(=O)NCC4c3ccc(F)cc3C)CCCC2)c1. The van der Waals surface area contributed by atoms with Gasteiger partial charge in [-0.1, -0.05) is 48.2 Å². The lowest BCUT2D eigenvalue weighted by molar-refractivity contribution is -0.141. The van der Waals surface area contributed by atoms with E-state index in [0.717, 1.165) is 49.7 Å². The van der Waals surface area contributed by atoms with E-state index in [4.69, 9.17) is 0 Å². The van der Waals surface area contributed by atoms with Crippen LogP contribution in [-0.4, -0.2) is 36.3 Å². The van der Waals surface area contributed by atoms with Gasteiger partial charge in [0.25, 0.3) is 0 Å². The summed E-state index contributed by atoms with van der Waals surface area (Å²) in [5.74, 6) is 0.264. The predicted octanol–water partition coefficient (Wildman–Crippen LogP) is 5.48. The standard InChI is InChI=1S/C30H37FN2O2/c1-20-14-21(2)16-23(15-20)30(8-4-5-9-30)28(35)33-12-10-29(11-13-33)18-27(34)32-19-26(29)25-7-6-24(31)17-22(25)3/h6-7,14-17,26H,4-5,8-13,18-19H2,1-3H3,(H,32,34). The molecular formula is C30H37FN2O2. The van der Waals surface area contributed by atoms with Gasteiger partial charge < -0.3 is 10.2 Å². The number of aryl methyl sites for hydroxylation is 3. The van der Waals surface area contributed by atoms with Gasteiger partial charge in [-0.15, -0.1) is 0 Å². The molecule has 2 saturated heterocycles. The molecule has 4 nitrogen and oxygen atoms in total. The molecule has 1 saturated carbocycles. The van der Waals surface area contributed by atoms with E-state index in [0.29, 0.717) is 26.1 Å². The van der Waals surface area contributed by atoms with Gasteiger partial charge in [0.1, 0.15) is 5.82 Å². The van der Waals surface area contributed by atoms with E-state index in [2.05, 4.69) is 42.3 Å². The van der Waals surface area contributed by atoms with Gasteiger partial charge in [-0.05, 0) is 80.7 Å². The van der Waals surface area contributed by atoms with Crippen LogP contribution in [0.3, 0.4) is 0 Å². The Morgan fingerprint density at radius 2 is 1.63 bits per heavy atom. The van der Waals surface area contributed by atoms with Gasteiger partial charge >= 0.3 is 0 Å². The molecule has 3 aliphatic rings. The van der Waals surface area contributed by atoms with Gasteiger partial charge in [0, 0.05) is 32.0 Å². The average Bonchev–Trinajstić information content (AvgIpc) is 3.31. The van der Waals surface area contributed by atoms with E-state index in [1.165, 1.54) is 22.8 Å². The molecule has 2 aromatic carbocycles. The summed E-state index contributed by atoms with van der Waals surface area (Å²) in [7, 11) is 0. The molecule has 186 valence electrons. The average molecular weight is 477 g/mol. The zero-order chi connectivity index (χ0) is 24.8. The lowest BCUT2D eigenvalue weighted by Crippen LogP contribution is -2.55. The summed E-state index contributed by atoms with van der Waals surface area (Å²) in [5.41, 5.74) is 5.04. The number of piperidine rings is 2. The van der Waals surface area contributed by atoms with Crippen molar-refractivity contribution in [3.8, 4) is 0 Å². The predicted molar refractivity (Wildman–Crippen MR) is 136 cm³/mol. The maximum Gasteiger partial charge on any atom is 0.233 e. The van der Waals surface area contributed by atoms with Gasteiger partial charge in [0.2, 0.25) is 11.8 Å². The zero-order valence-corrected chi connectivity index (χ0v) is 21.3. The summed E-state index contributed by atoms with van der Waals surface area (Å²) in [6.07, 6.45) is 6.07. The van der Waals surface area contributed by atoms with Crippen molar-refractivity contribution >= 4 is 11.8 Å². The van der Waals surface area contributed by atoms with Crippen LogP contribution in [0, 0.1) is 32.0 Å². The molecule has 2 aliphatic heterocycles. The minimum Gasteiger partial charge on any atom is -0.355 e. The number of nitrogens with zero attached hydrogens (tertiary/aromatic N) is 1. The van der Waals surface area contributed by atoms with Crippen LogP contribution < -0.4 is 5.32 Å². The number of hydrogen-bond donors (Lipinski definition) is 1. The summed E-state index contributed by atoms with van der Waals surface area (Å²) < 4.78 is 13.8. The van der Waals surface area contributed by atoms with Crippen LogP contribution in [0.5, 0.6) is 0 Å². The molecule has 35 heavy (non-hydrogen) atoms. The van der Waals surface area contributed by atoms with Gasteiger partial charge in [0.05, 0.1) is 5.41 Å². The van der Waals surface area contributed by atoms with Crippen molar-refractivity contribution in [3.05, 3.63) is 70.0 Å². The molecule has 2 aromatic rings. The molecule has 0 aromatic heterocycles. The largest absolute Gasteiger partial charge is 0.355 e. The lowest BCUT2D eigenvalue weighted by Gasteiger charge is -2.50. The highest BCUT2D eigenvalue weighted by molar-refractivity contribution is 5.89. The maximum absolute atomic E-state index is 14.1. The van der Waals surface area contributed by atoms with Crippen molar-refractivity contribution in [2.45, 2.75) is 77.0 Å². The third-order valence-corrected chi connectivity index (χ3v) is 9.05. The van der Waals surface area contributed by atoms with Crippen molar-refractivity contribution in [1.82, 2.24) is 10.2 Å². The second-order valence-electron chi connectivity index (χ2n) is 11.4. The molecule has 0 bridgehead atoms. The molecule has 0 radical (unpaired) electrons. The Morgan fingerprint density at radius 3 is 2.26 bits per heavy atom. The molecule has 2 heterocycles. The molecule has 1 atom stereocenters. The number of nitrogens with one attached hydrogen (secondary N) is 1. The fourth-order valence-corrected chi connectivity index (χ4v) is 7.25. The Hall–Kier alpha value is -2.69. The molecule has 5 rings (SSSR count). The van der Waals surface area contributed by atoms with Gasteiger partial charge in [-0.25, -0.2) is 4.39 Å². The van der Waals surface area contributed by atoms with Crippen LogP contribution in [0.15, 0.2) is 36.4 Å². The van der Waals surface area contributed by atoms with Crippen molar-refractivity contribution in [2.24, 2.45) is 5.41 Å². The van der Waals surface area contributed by atoms with Crippen LogP contribution in [0.4, 0.5) is 4.39 Å². The monoisotopic (exact) mass is 476 g/mol. The normalized spacial score (nSPS) is 23.4. The molecular weight excluding hydrogens is 439 g/mol. The van der Waals surface area contributed by atoms with E-state index >= 15 is 0 Å². The first kappa shape index (κ1) is 24.0. The van der Waals surface area contributed by atoms with Gasteiger partial charge in [-0.3, -0.25) is 9.59 Å². The summed E-state index contributed by atoms with van der Waals surface area (Å²) in [6.45, 7) is 8.10. The molecule has 1 aliphatic carbocycles. The number of hydrogen-bond acceptors (Lipinski definition) is 2. The zero-order valence-electron chi connectivity index (χ0n) is 21.3. The van der Waals surface area contributed by atoms with E-state index in [9.17, 15) is 14.0 Å². The number of amides is 2. The summed E-state index contributed by atoms with van der Waals surface area (Å²) >= 11 is 0. The highest BCUT2D eigenvalue weighted by Gasteiger charge is 2.50. The third-order valence-electron chi connectivity index (χ3n) is 9.05. The molecule has 3 fully saturated rings. The minimum atomic E-state index is -0.418. The van der Waals surface area contributed by atoms with Gasteiger partial charge in [0.15, 0.2) is 0 Å². The van der Waals surface area contributed by atoms with Crippen molar-refractivity contribution in [2.75, 3.05) is 19.6 Å². The van der Waals surface area contributed by atoms with E-state index in [-0.39, 0.29) is 29.0 Å². The summed E-state index contributed by atoms with van der Waals surface area (Å²) in [5, 5.41) is 3.05. The Kier molecular flexibility index (Phi) is 6.23. The van der Waals surface area contributed by atoms with Crippen LogP contribution >= 0.6 is 0 Å². The van der Waals surface area contributed by atoms with E-state index in [1.54, 1.807) is 6.07 Å². The molecule has 5 heteroatoms. The quantitative estimate of drug-likeness (QED) is 0.638. The van der Waals surface area contributed by atoms with Crippen molar-refractivity contribution < 1.29 is 14.0 Å². The smallest absolute Gasteiger partial charge is 0.233 e. The highest BCUT2D eigenvalue weighted by Crippen LogP contribution is 2.51. The van der Waals surface area contributed by atoms with E-state index in [1.807, 2.05) is 13.0 Å². The Balaban J connectivity index is 1.40. The van der Waals surface area contributed by atoms with Crippen LogP contribution in [0.2, 0.25) is 0 Å².